The first-order valence-electron chi connectivity index (χ1n) is 7.08. The minimum Gasteiger partial charge on any atom is -0.480 e. The lowest BCUT2D eigenvalue weighted by Crippen LogP contribution is -2.15. The van der Waals surface area contributed by atoms with E-state index in [1.165, 1.54) is 18.2 Å². The van der Waals surface area contributed by atoms with Gasteiger partial charge >= 0.3 is 5.97 Å². The number of carboxylic acids is 1. The van der Waals surface area contributed by atoms with Gasteiger partial charge in [0.05, 0.1) is 11.4 Å². The van der Waals surface area contributed by atoms with Gasteiger partial charge in [-0.3, -0.25) is 4.79 Å². The molecule has 0 aliphatic heterocycles. The summed E-state index contributed by atoms with van der Waals surface area (Å²) < 4.78 is 13.8. The molecule has 120 valence electrons. The Bertz CT molecular complexity index is 752. The summed E-state index contributed by atoms with van der Waals surface area (Å²) in [6.45, 7) is -0.293. The maximum atomic E-state index is 13.8. The molecule has 0 saturated heterocycles. The van der Waals surface area contributed by atoms with Gasteiger partial charge in [-0.15, -0.1) is 0 Å². The van der Waals surface area contributed by atoms with Crippen molar-refractivity contribution < 1.29 is 14.3 Å². The molecule has 1 heterocycles. The van der Waals surface area contributed by atoms with Crippen molar-refractivity contribution in [2.45, 2.75) is 18.8 Å². The van der Waals surface area contributed by atoms with Gasteiger partial charge in [-0.2, -0.15) is 4.98 Å². The van der Waals surface area contributed by atoms with Gasteiger partial charge in [0.2, 0.25) is 5.95 Å². The molecule has 3 N–H and O–H groups in total. The van der Waals surface area contributed by atoms with E-state index in [0.29, 0.717) is 16.8 Å². The van der Waals surface area contributed by atoms with Crippen molar-refractivity contribution in [3.63, 3.8) is 0 Å². The second-order valence-electron chi connectivity index (χ2n) is 5.27. The highest BCUT2D eigenvalue weighted by Gasteiger charge is 2.26. The van der Waals surface area contributed by atoms with Crippen molar-refractivity contribution in [3.05, 3.63) is 40.8 Å². The van der Waals surface area contributed by atoms with E-state index in [9.17, 15) is 9.18 Å². The van der Waals surface area contributed by atoms with Crippen molar-refractivity contribution in [2.75, 3.05) is 17.2 Å². The number of nitrogens with zero attached hydrogens (tertiary/aromatic N) is 2. The second-order valence-corrected chi connectivity index (χ2v) is 5.71. The SMILES string of the molecule is O=C(O)CNc1nc(Nc2cc(Cl)ccc2F)cc(C2CC2)n1. The molecule has 1 aliphatic rings. The van der Waals surface area contributed by atoms with Gasteiger partial charge in [0.1, 0.15) is 18.2 Å². The number of carboxylic acid groups (broad SMARTS) is 1. The maximum absolute atomic E-state index is 13.8. The summed E-state index contributed by atoms with van der Waals surface area (Å²) in [5.74, 6) is -0.548. The molecule has 0 spiro atoms. The van der Waals surface area contributed by atoms with Gasteiger partial charge in [0.25, 0.3) is 0 Å². The Labute approximate surface area is 136 Å². The number of anilines is 3. The van der Waals surface area contributed by atoms with Crippen LogP contribution in [-0.2, 0) is 4.79 Å². The lowest BCUT2D eigenvalue weighted by atomic mass is 10.2. The third-order valence-electron chi connectivity index (χ3n) is 3.33. The van der Waals surface area contributed by atoms with E-state index < -0.39 is 11.8 Å². The average molecular weight is 337 g/mol. The fourth-order valence-corrected chi connectivity index (χ4v) is 2.26. The fraction of sp³-hybridized carbons (Fsp3) is 0.267. The van der Waals surface area contributed by atoms with Gasteiger partial charge in [0, 0.05) is 17.0 Å². The van der Waals surface area contributed by atoms with Crippen molar-refractivity contribution in [3.8, 4) is 0 Å². The lowest BCUT2D eigenvalue weighted by Gasteiger charge is -2.11. The number of rotatable bonds is 6. The third kappa shape index (κ3) is 4.07. The molecule has 0 radical (unpaired) electrons. The first kappa shape index (κ1) is 15.5. The number of hydrogen-bond acceptors (Lipinski definition) is 5. The molecule has 1 aliphatic carbocycles. The normalized spacial score (nSPS) is 13.7. The Morgan fingerprint density at radius 2 is 2.13 bits per heavy atom. The number of aromatic nitrogens is 2. The van der Waals surface area contributed by atoms with Crippen LogP contribution in [0.15, 0.2) is 24.3 Å². The number of benzene rings is 1. The summed E-state index contributed by atoms with van der Waals surface area (Å²) in [5, 5.41) is 14.6. The standard InChI is InChI=1S/C15H14ClFN4O2/c16-9-3-4-10(17)12(5-9)19-13-6-11(8-1-2-8)20-15(21-13)18-7-14(22)23/h3-6,8H,1-2,7H2,(H,22,23)(H2,18,19,20,21). The Kier molecular flexibility index (Phi) is 4.29. The zero-order chi connectivity index (χ0) is 16.4. The molecule has 8 heteroatoms. The molecular formula is C15H14ClFN4O2. The Morgan fingerprint density at radius 1 is 1.35 bits per heavy atom. The van der Waals surface area contributed by atoms with Crippen LogP contribution in [0.25, 0.3) is 0 Å². The van der Waals surface area contributed by atoms with Crippen LogP contribution in [0.5, 0.6) is 0 Å². The van der Waals surface area contributed by atoms with Crippen molar-refractivity contribution in [2.24, 2.45) is 0 Å². The van der Waals surface area contributed by atoms with Gasteiger partial charge < -0.3 is 15.7 Å². The molecule has 23 heavy (non-hydrogen) atoms. The number of halogens is 2. The quantitative estimate of drug-likeness (QED) is 0.749. The zero-order valence-electron chi connectivity index (χ0n) is 12.0. The van der Waals surface area contributed by atoms with Gasteiger partial charge in [-0.1, -0.05) is 11.6 Å². The number of hydrogen-bond donors (Lipinski definition) is 3. The summed E-state index contributed by atoms with van der Waals surface area (Å²) in [6.07, 6.45) is 2.06. The summed E-state index contributed by atoms with van der Waals surface area (Å²) in [4.78, 5) is 19.1. The second kappa shape index (κ2) is 6.37. The van der Waals surface area contributed by atoms with Crippen LogP contribution in [0.4, 0.5) is 21.8 Å². The predicted octanol–water partition coefficient (Wildman–Crippen LogP) is 3.39. The van der Waals surface area contributed by atoms with Crippen molar-refractivity contribution in [1.82, 2.24) is 9.97 Å². The van der Waals surface area contributed by atoms with E-state index in [1.54, 1.807) is 6.07 Å². The molecular weight excluding hydrogens is 323 g/mol. The molecule has 0 unspecified atom stereocenters. The minimum atomic E-state index is -1.01. The third-order valence-corrected chi connectivity index (χ3v) is 3.57. The largest absolute Gasteiger partial charge is 0.480 e. The lowest BCUT2D eigenvalue weighted by molar-refractivity contribution is -0.134. The van der Waals surface area contributed by atoms with Crippen LogP contribution in [0.3, 0.4) is 0 Å². The van der Waals surface area contributed by atoms with Gasteiger partial charge in [0.15, 0.2) is 0 Å². The van der Waals surface area contributed by atoms with E-state index in [4.69, 9.17) is 16.7 Å². The molecule has 1 aromatic heterocycles. The molecule has 1 aromatic carbocycles. The van der Waals surface area contributed by atoms with Crippen molar-refractivity contribution in [1.29, 1.82) is 0 Å². The Balaban J connectivity index is 1.87. The summed E-state index contributed by atoms with van der Waals surface area (Å²) in [6, 6.07) is 5.92. The molecule has 6 nitrogen and oxygen atoms in total. The molecule has 0 amide bonds. The van der Waals surface area contributed by atoms with Crippen LogP contribution in [0.1, 0.15) is 24.5 Å². The van der Waals surface area contributed by atoms with Crippen LogP contribution < -0.4 is 10.6 Å². The number of aliphatic carboxylic acids is 1. The first-order valence-corrected chi connectivity index (χ1v) is 7.46. The molecule has 3 rings (SSSR count). The highest BCUT2D eigenvalue weighted by atomic mass is 35.5. The molecule has 0 atom stereocenters. The Hall–Kier alpha value is -2.41. The van der Waals surface area contributed by atoms with E-state index in [-0.39, 0.29) is 18.2 Å². The predicted molar refractivity (Wildman–Crippen MR) is 84.8 cm³/mol. The monoisotopic (exact) mass is 336 g/mol. The topological polar surface area (TPSA) is 87.1 Å². The van der Waals surface area contributed by atoms with E-state index in [1.807, 2.05) is 0 Å². The maximum Gasteiger partial charge on any atom is 0.322 e. The van der Waals surface area contributed by atoms with E-state index in [2.05, 4.69) is 20.6 Å². The molecule has 1 saturated carbocycles. The van der Waals surface area contributed by atoms with E-state index >= 15 is 0 Å². The van der Waals surface area contributed by atoms with Gasteiger partial charge in [-0.25, -0.2) is 9.37 Å². The molecule has 2 aromatic rings. The summed E-state index contributed by atoms with van der Waals surface area (Å²) in [5.41, 5.74) is 1.000. The van der Waals surface area contributed by atoms with Crippen LogP contribution in [-0.4, -0.2) is 27.6 Å². The van der Waals surface area contributed by atoms with Gasteiger partial charge in [-0.05, 0) is 31.0 Å². The fourth-order valence-electron chi connectivity index (χ4n) is 2.08. The first-order chi connectivity index (χ1) is 11.0. The highest BCUT2D eigenvalue weighted by Crippen LogP contribution is 2.40. The number of nitrogens with one attached hydrogen (secondary N) is 2. The molecule has 1 fully saturated rings. The highest BCUT2D eigenvalue weighted by molar-refractivity contribution is 6.30. The van der Waals surface area contributed by atoms with Crippen molar-refractivity contribution >= 4 is 35.0 Å². The summed E-state index contributed by atoms with van der Waals surface area (Å²) in [7, 11) is 0. The van der Waals surface area contributed by atoms with E-state index in [0.717, 1.165) is 18.5 Å². The smallest absolute Gasteiger partial charge is 0.322 e. The summed E-state index contributed by atoms with van der Waals surface area (Å²) >= 11 is 5.87. The molecule has 0 bridgehead atoms. The van der Waals surface area contributed by atoms with Crippen LogP contribution in [0, 0.1) is 5.82 Å². The minimum absolute atomic E-state index is 0.196. The Morgan fingerprint density at radius 3 is 2.83 bits per heavy atom. The average Bonchev–Trinajstić information content (AvgIpc) is 3.33. The van der Waals surface area contributed by atoms with Crippen LogP contribution in [0.2, 0.25) is 5.02 Å². The number of carbonyl (C=O) groups is 1. The zero-order valence-corrected chi connectivity index (χ0v) is 12.8. The van der Waals surface area contributed by atoms with Crippen LogP contribution >= 0.6 is 11.6 Å².